The van der Waals surface area contributed by atoms with Gasteiger partial charge in [0.1, 0.15) is 10.7 Å². The number of nitrogens with zero attached hydrogens (tertiary/aromatic N) is 3. The van der Waals surface area contributed by atoms with Crippen LogP contribution in [0.25, 0.3) is 4.96 Å². The summed E-state index contributed by atoms with van der Waals surface area (Å²) in [6, 6.07) is 0. The van der Waals surface area contributed by atoms with Gasteiger partial charge < -0.3 is 9.84 Å². The fourth-order valence-electron chi connectivity index (χ4n) is 1.77. The third kappa shape index (κ3) is 2.76. The molecule has 0 saturated carbocycles. The van der Waals surface area contributed by atoms with Gasteiger partial charge in [-0.2, -0.15) is 5.10 Å². The topological polar surface area (TPSA) is 76.7 Å². The molecule has 2 aromatic rings. The maximum Gasteiger partial charge on any atom is 0.359 e. The van der Waals surface area contributed by atoms with Gasteiger partial charge in [-0.3, -0.25) is 0 Å². The second kappa shape index (κ2) is 5.66. The van der Waals surface area contributed by atoms with Gasteiger partial charge in [-0.25, -0.2) is 14.3 Å². The molecule has 6 nitrogen and oxygen atoms in total. The van der Waals surface area contributed by atoms with E-state index in [0.29, 0.717) is 16.6 Å². The summed E-state index contributed by atoms with van der Waals surface area (Å²) >= 11 is 1.43. The Hall–Kier alpha value is -1.47. The Morgan fingerprint density at radius 3 is 2.84 bits per heavy atom. The zero-order valence-corrected chi connectivity index (χ0v) is 12.0. The third-order valence-corrected chi connectivity index (χ3v) is 3.47. The average Bonchev–Trinajstić information content (AvgIpc) is 2.84. The fraction of sp³-hybridized carbons (Fsp3) is 0.583. The largest absolute Gasteiger partial charge is 0.461 e. The number of aromatic nitrogens is 3. The molecule has 0 fully saturated rings. The van der Waals surface area contributed by atoms with Crippen LogP contribution in [-0.4, -0.2) is 32.3 Å². The molecule has 0 aromatic carbocycles. The molecule has 0 radical (unpaired) electrons. The van der Waals surface area contributed by atoms with E-state index in [-0.39, 0.29) is 18.9 Å². The molecule has 0 aliphatic carbocycles. The highest BCUT2D eigenvalue weighted by Gasteiger charge is 2.22. The van der Waals surface area contributed by atoms with Crippen LogP contribution in [0.5, 0.6) is 0 Å². The molecule has 0 saturated heterocycles. The van der Waals surface area contributed by atoms with Crippen molar-refractivity contribution < 1.29 is 14.6 Å². The van der Waals surface area contributed by atoms with Crippen molar-refractivity contribution in [3.8, 4) is 0 Å². The molecular weight excluding hydrogens is 266 g/mol. The van der Waals surface area contributed by atoms with Crippen molar-refractivity contribution in [2.45, 2.75) is 33.8 Å². The summed E-state index contributed by atoms with van der Waals surface area (Å²) in [7, 11) is 0. The summed E-state index contributed by atoms with van der Waals surface area (Å²) in [5.41, 5.74) is 0.541. The molecule has 2 heterocycles. The van der Waals surface area contributed by atoms with E-state index in [2.05, 4.69) is 23.9 Å². The average molecular weight is 283 g/mol. The van der Waals surface area contributed by atoms with Crippen molar-refractivity contribution in [3.63, 3.8) is 0 Å². The fourth-order valence-corrected chi connectivity index (χ4v) is 2.89. The van der Waals surface area contributed by atoms with Crippen LogP contribution in [-0.2, 0) is 17.8 Å². The van der Waals surface area contributed by atoms with E-state index >= 15 is 0 Å². The molecule has 2 rings (SSSR count). The van der Waals surface area contributed by atoms with Crippen molar-refractivity contribution in [2.24, 2.45) is 5.92 Å². The van der Waals surface area contributed by atoms with E-state index in [1.807, 2.05) is 0 Å². The third-order valence-electron chi connectivity index (χ3n) is 2.54. The van der Waals surface area contributed by atoms with E-state index in [0.717, 1.165) is 11.4 Å². The Balaban J connectivity index is 2.40. The number of carbonyl (C=O) groups excluding carboxylic acids is 1. The minimum Gasteiger partial charge on any atom is -0.461 e. The van der Waals surface area contributed by atoms with Crippen molar-refractivity contribution in [1.82, 2.24) is 14.6 Å². The molecule has 0 unspecified atom stereocenters. The SMILES string of the molecule is CCOC(=O)c1nc2sc(CC(C)C)nn2c1CO. The lowest BCUT2D eigenvalue weighted by molar-refractivity contribution is 0.0516. The number of aliphatic hydroxyl groups excluding tert-OH is 1. The Morgan fingerprint density at radius 2 is 2.26 bits per heavy atom. The molecule has 7 heteroatoms. The van der Waals surface area contributed by atoms with Crippen molar-refractivity contribution in [2.75, 3.05) is 6.61 Å². The summed E-state index contributed by atoms with van der Waals surface area (Å²) in [6.07, 6.45) is 0.855. The minimum atomic E-state index is -0.519. The standard InChI is InChI=1S/C12H17N3O3S/c1-4-18-11(17)10-8(6-16)15-12(13-10)19-9(14-15)5-7(2)3/h7,16H,4-6H2,1-3H3. The summed E-state index contributed by atoms with van der Waals surface area (Å²) in [5.74, 6) is -0.0207. The molecule has 0 atom stereocenters. The van der Waals surface area contributed by atoms with Crippen LogP contribution < -0.4 is 0 Å². The van der Waals surface area contributed by atoms with Crippen LogP contribution in [0.15, 0.2) is 0 Å². The quantitative estimate of drug-likeness (QED) is 0.844. The molecule has 1 N–H and O–H groups in total. The van der Waals surface area contributed by atoms with Gasteiger partial charge in [-0.05, 0) is 12.8 Å². The highest BCUT2D eigenvalue weighted by molar-refractivity contribution is 7.16. The first kappa shape index (κ1) is 14.0. The van der Waals surface area contributed by atoms with Crippen molar-refractivity contribution in [1.29, 1.82) is 0 Å². The van der Waals surface area contributed by atoms with E-state index in [4.69, 9.17) is 4.74 Å². The van der Waals surface area contributed by atoms with Crippen LogP contribution in [0.1, 0.15) is 42.0 Å². The second-order valence-corrected chi connectivity index (χ2v) is 5.61. The molecule has 2 aromatic heterocycles. The van der Waals surface area contributed by atoms with Gasteiger partial charge in [0.15, 0.2) is 5.69 Å². The molecule has 0 aliphatic heterocycles. The number of aliphatic hydroxyl groups is 1. The van der Waals surface area contributed by atoms with Gasteiger partial charge in [-0.15, -0.1) is 0 Å². The number of hydrogen-bond acceptors (Lipinski definition) is 6. The smallest absolute Gasteiger partial charge is 0.359 e. The Kier molecular flexibility index (Phi) is 4.16. The summed E-state index contributed by atoms with van der Waals surface area (Å²) in [4.78, 5) is 16.6. The van der Waals surface area contributed by atoms with Crippen LogP contribution in [0, 0.1) is 5.92 Å². The van der Waals surface area contributed by atoms with Crippen molar-refractivity contribution in [3.05, 3.63) is 16.4 Å². The summed E-state index contributed by atoms with van der Waals surface area (Å²) < 4.78 is 6.45. The van der Waals surface area contributed by atoms with Gasteiger partial charge in [0.2, 0.25) is 4.96 Å². The Bertz CT molecular complexity index is 588. The van der Waals surface area contributed by atoms with E-state index < -0.39 is 5.97 Å². The van der Waals surface area contributed by atoms with Crippen LogP contribution >= 0.6 is 11.3 Å². The number of carbonyl (C=O) groups is 1. The van der Waals surface area contributed by atoms with Gasteiger partial charge in [0.05, 0.1) is 13.2 Å². The first-order valence-corrected chi connectivity index (χ1v) is 7.03. The highest BCUT2D eigenvalue weighted by Crippen LogP contribution is 2.21. The molecule has 19 heavy (non-hydrogen) atoms. The van der Waals surface area contributed by atoms with Gasteiger partial charge in [0.25, 0.3) is 0 Å². The molecule has 104 valence electrons. The zero-order chi connectivity index (χ0) is 14.0. The monoisotopic (exact) mass is 283 g/mol. The number of rotatable bonds is 5. The Labute approximate surface area is 115 Å². The van der Waals surface area contributed by atoms with Crippen LogP contribution in [0.3, 0.4) is 0 Å². The summed E-state index contributed by atoms with van der Waals surface area (Å²) in [6.45, 7) is 5.94. The van der Waals surface area contributed by atoms with Crippen LogP contribution in [0.4, 0.5) is 0 Å². The number of esters is 1. The van der Waals surface area contributed by atoms with E-state index in [9.17, 15) is 9.90 Å². The van der Waals surface area contributed by atoms with E-state index in [1.54, 1.807) is 6.92 Å². The van der Waals surface area contributed by atoms with Gasteiger partial charge in [-0.1, -0.05) is 25.2 Å². The normalized spacial score (nSPS) is 11.4. The lowest BCUT2D eigenvalue weighted by Gasteiger charge is -2.01. The van der Waals surface area contributed by atoms with Crippen molar-refractivity contribution >= 4 is 22.3 Å². The van der Waals surface area contributed by atoms with E-state index in [1.165, 1.54) is 15.9 Å². The number of hydrogen-bond donors (Lipinski definition) is 1. The second-order valence-electron chi connectivity index (χ2n) is 4.57. The lowest BCUT2D eigenvalue weighted by atomic mass is 10.1. The van der Waals surface area contributed by atoms with Gasteiger partial charge >= 0.3 is 5.97 Å². The highest BCUT2D eigenvalue weighted by atomic mass is 32.1. The number of ether oxygens (including phenoxy) is 1. The van der Waals surface area contributed by atoms with Gasteiger partial charge in [0, 0.05) is 6.42 Å². The molecule has 0 bridgehead atoms. The molecule has 0 spiro atoms. The predicted molar refractivity (Wildman–Crippen MR) is 71.3 cm³/mol. The predicted octanol–water partition coefficient (Wildman–Crippen LogP) is 1.66. The number of imidazole rings is 1. The van der Waals surface area contributed by atoms with Crippen LogP contribution in [0.2, 0.25) is 0 Å². The maximum absolute atomic E-state index is 11.7. The first-order chi connectivity index (χ1) is 9.06. The minimum absolute atomic E-state index is 0.152. The number of fused-ring (bicyclic) bond motifs is 1. The summed E-state index contributed by atoms with van der Waals surface area (Å²) in [5, 5.41) is 14.7. The maximum atomic E-state index is 11.7. The first-order valence-electron chi connectivity index (χ1n) is 6.22. The lowest BCUT2D eigenvalue weighted by Crippen LogP contribution is -2.09. The molecular formula is C12H17N3O3S. The molecule has 0 amide bonds. The Morgan fingerprint density at radius 1 is 1.53 bits per heavy atom. The molecule has 0 aliphatic rings. The zero-order valence-electron chi connectivity index (χ0n) is 11.2.